The molecule has 2 aromatic heterocycles. The Hall–Kier alpha value is -8.55. The van der Waals surface area contributed by atoms with Crippen LogP contribution in [0.25, 0.3) is 98.4 Å². The van der Waals surface area contributed by atoms with Crippen molar-refractivity contribution in [3.8, 4) is 22.3 Å². The van der Waals surface area contributed by atoms with Crippen molar-refractivity contribution in [3.05, 3.63) is 230 Å². The molecule has 384 valence electrons. The lowest BCUT2D eigenvalue weighted by molar-refractivity contribution is 0.669. The summed E-state index contributed by atoms with van der Waals surface area (Å²) in [6.07, 6.45) is 0. The zero-order chi connectivity index (χ0) is 53.7. The van der Waals surface area contributed by atoms with E-state index in [9.17, 15) is 0 Å². The highest BCUT2D eigenvalue weighted by Crippen LogP contribution is 2.55. The van der Waals surface area contributed by atoms with E-state index in [1.165, 1.54) is 37.2 Å². The molecule has 79 heavy (non-hydrogen) atoms. The number of nitrogens with zero attached hydrogens (tertiary/aromatic N) is 2. The predicted molar refractivity (Wildman–Crippen MR) is 343 cm³/mol. The van der Waals surface area contributed by atoms with E-state index in [2.05, 4.69) is 282 Å². The Kier molecular flexibility index (Phi) is 11.8. The Morgan fingerprint density at radius 1 is 0.380 bits per heavy atom. The van der Waals surface area contributed by atoms with Crippen LogP contribution >= 0.6 is 11.8 Å². The van der Waals surface area contributed by atoms with Crippen LogP contribution in [-0.2, 0) is 0 Å². The standard InChI is InChI=1S/C73H60N2O2SSi/c1-45(2)51-40-49-32-36-58-66(74(64-28-18-26-56-54-24-14-16-30-68(54)76-72(56)64)62-38-34-52(78-46(3)4)42-60(62)47-20-10-8-11-21-47)44-67(59-37-33-50(41-51)70(49)71(58)59)75(65-29-19-27-57-55-25-15-17-31-69(55)77-73(57)65)63-39-35-53(79(5,6)7)43-61(63)48-22-12-9-13-23-48/h8-46H,1-7H3. The van der Waals surface area contributed by atoms with Crippen molar-refractivity contribution in [2.75, 3.05) is 9.80 Å². The third-order valence-corrected chi connectivity index (χ3v) is 19.0. The molecule has 0 atom stereocenters. The van der Waals surface area contributed by atoms with E-state index in [1.807, 2.05) is 11.8 Å². The molecule has 0 aliphatic rings. The Morgan fingerprint density at radius 3 is 1.37 bits per heavy atom. The van der Waals surface area contributed by atoms with Crippen molar-refractivity contribution in [1.82, 2.24) is 0 Å². The molecule has 0 spiro atoms. The maximum absolute atomic E-state index is 7.13. The number of fused-ring (bicyclic) bond motifs is 6. The molecule has 0 radical (unpaired) electrons. The molecule has 0 saturated heterocycles. The lowest BCUT2D eigenvalue weighted by atomic mass is 9.88. The predicted octanol–water partition coefficient (Wildman–Crippen LogP) is 21.8. The number of hydrogen-bond donors (Lipinski definition) is 0. The zero-order valence-corrected chi connectivity index (χ0v) is 47.5. The third-order valence-electron chi connectivity index (χ3n) is 15.9. The molecular formula is C73H60N2O2SSi. The molecule has 12 aromatic carbocycles. The Labute approximate surface area is 466 Å². The summed E-state index contributed by atoms with van der Waals surface area (Å²) in [5.41, 5.74) is 15.4. The first-order valence-electron chi connectivity index (χ1n) is 27.7. The second-order valence-electron chi connectivity index (χ2n) is 22.7. The highest BCUT2D eigenvalue weighted by molar-refractivity contribution is 7.99. The van der Waals surface area contributed by atoms with E-state index in [0.717, 1.165) is 111 Å². The lowest BCUT2D eigenvalue weighted by Crippen LogP contribution is -2.37. The topological polar surface area (TPSA) is 32.8 Å². The summed E-state index contributed by atoms with van der Waals surface area (Å²) in [5.74, 6) is 0.358. The van der Waals surface area contributed by atoms with Gasteiger partial charge in [0.2, 0.25) is 0 Å². The van der Waals surface area contributed by atoms with Crippen LogP contribution < -0.4 is 15.0 Å². The first-order valence-corrected chi connectivity index (χ1v) is 32.1. The van der Waals surface area contributed by atoms with Crippen LogP contribution in [0.3, 0.4) is 0 Å². The average molecular weight is 1060 g/mol. The Bertz CT molecular complexity index is 4630. The van der Waals surface area contributed by atoms with Gasteiger partial charge in [-0.25, -0.2) is 0 Å². The lowest BCUT2D eigenvalue weighted by Gasteiger charge is -2.34. The highest BCUT2D eigenvalue weighted by Gasteiger charge is 2.31. The fourth-order valence-corrected chi connectivity index (χ4v) is 14.2. The Morgan fingerprint density at radius 2 is 0.861 bits per heavy atom. The van der Waals surface area contributed by atoms with Crippen LogP contribution in [0.1, 0.15) is 39.2 Å². The van der Waals surface area contributed by atoms with Crippen LogP contribution in [0.15, 0.2) is 238 Å². The van der Waals surface area contributed by atoms with Crippen molar-refractivity contribution in [1.29, 1.82) is 0 Å². The molecular weight excluding hydrogens is 997 g/mol. The van der Waals surface area contributed by atoms with Gasteiger partial charge in [-0.3, -0.25) is 0 Å². The first kappa shape index (κ1) is 48.8. The molecule has 0 unspecified atom stereocenters. The van der Waals surface area contributed by atoms with Crippen molar-refractivity contribution >= 4 is 135 Å². The SMILES string of the molecule is CC(C)Sc1ccc(N(c2cc(N(c3ccc([Si](C)(C)C)cc3-c3ccccc3)c3cccc4c3oc3ccccc34)c3ccc4cc(C(C)C)cc5ccc2c3c54)c2cccc3c2oc2ccccc23)c(-c2ccccc2)c1. The van der Waals surface area contributed by atoms with Gasteiger partial charge in [0.05, 0.1) is 42.2 Å². The largest absolute Gasteiger partial charge is 0.454 e. The summed E-state index contributed by atoms with van der Waals surface area (Å²) in [4.78, 5) is 6.26. The molecule has 0 fully saturated rings. The van der Waals surface area contributed by atoms with E-state index >= 15 is 0 Å². The van der Waals surface area contributed by atoms with Crippen LogP contribution in [0, 0.1) is 0 Å². The minimum absolute atomic E-state index is 0.358. The summed E-state index contributed by atoms with van der Waals surface area (Å²) in [6, 6.07) is 83.1. The molecule has 0 aliphatic heterocycles. The molecule has 4 nitrogen and oxygen atoms in total. The molecule has 14 rings (SSSR count). The quantitative estimate of drug-likeness (QED) is 0.0692. The summed E-state index contributed by atoms with van der Waals surface area (Å²) < 4.78 is 14.3. The molecule has 6 heteroatoms. The smallest absolute Gasteiger partial charge is 0.159 e. The van der Waals surface area contributed by atoms with Crippen LogP contribution in [0.2, 0.25) is 19.6 Å². The van der Waals surface area contributed by atoms with Crippen molar-refractivity contribution in [3.63, 3.8) is 0 Å². The molecule has 14 aromatic rings. The number of thioether (sulfide) groups is 1. The van der Waals surface area contributed by atoms with Gasteiger partial charge in [0.1, 0.15) is 11.2 Å². The van der Waals surface area contributed by atoms with Crippen LogP contribution in [0.5, 0.6) is 0 Å². The van der Waals surface area contributed by atoms with Crippen molar-refractivity contribution < 1.29 is 8.83 Å². The van der Waals surface area contributed by atoms with Gasteiger partial charge in [-0.05, 0) is 93.4 Å². The average Bonchev–Trinajstić information content (AvgIpc) is 4.12. The van der Waals surface area contributed by atoms with Gasteiger partial charge in [0.15, 0.2) is 11.2 Å². The summed E-state index contributed by atoms with van der Waals surface area (Å²) in [6.45, 7) is 16.5. The van der Waals surface area contributed by atoms with Gasteiger partial charge in [0, 0.05) is 59.0 Å². The normalized spacial score (nSPS) is 12.3. The molecule has 0 amide bonds. The van der Waals surface area contributed by atoms with E-state index in [1.54, 1.807) is 0 Å². The number of furan rings is 2. The Balaban J connectivity index is 1.18. The van der Waals surface area contributed by atoms with Crippen LogP contribution in [0.4, 0.5) is 34.1 Å². The third kappa shape index (κ3) is 8.27. The van der Waals surface area contributed by atoms with Gasteiger partial charge in [0.25, 0.3) is 0 Å². The fourth-order valence-electron chi connectivity index (χ4n) is 12.2. The number of anilines is 6. The zero-order valence-electron chi connectivity index (χ0n) is 45.6. The number of rotatable bonds is 12. The number of hydrogen-bond acceptors (Lipinski definition) is 5. The summed E-state index contributed by atoms with van der Waals surface area (Å²) in [5, 5.41) is 13.3. The molecule has 2 heterocycles. The highest BCUT2D eigenvalue weighted by atomic mass is 32.2. The molecule has 0 bridgehead atoms. The summed E-state index contributed by atoms with van der Waals surface area (Å²) in [7, 11) is -1.82. The van der Waals surface area contributed by atoms with Gasteiger partial charge in [-0.15, -0.1) is 11.8 Å². The summed E-state index contributed by atoms with van der Waals surface area (Å²) >= 11 is 1.89. The van der Waals surface area contributed by atoms with Crippen molar-refractivity contribution in [2.45, 2.75) is 63.4 Å². The second kappa shape index (κ2) is 19.1. The van der Waals surface area contributed by atoms with Crippen LogP contribution in [-0.4, -0.2) is 13.3 Å². The van der Waals surface area contributed by atoms with Gasteiger partial charge >= 0.3 is 0 Å². The van der Waals surface area contributed by atoms with E-state index < -0.39 is 8.07 Å². The monoisotopic (exact) mass is 1060 g/mol. The van der Waals surface area contributed by atoms with E-state index in [0.29, 0.717) is 11.2 Å². The molecule has 0 N–H and O–H groups in total. The van der Waals surface area contributed by atoms with Crippen molar-refractivity contribution in [2.24, 2.45) is 0 Å². The fraction of sp³-hybridized carbons (Fsp3) is 0.123. The maximum Gasteiger partial charge on any atom is 0.159 e. The minimum Gasteiger partial charge on any atom is -0.454 e. The molecule has 0 aliphatic carbocycles. The van der Waals surface area contributed by atoms with Gasteiger partial charge in [-0.1, -0.05) is 222 Å². The second-order valence-corrected chi connectivity index (χ2v) is 29.5. The minimum atomic E-state index is -1.82. The first-order chi connectivity index (χ1) is 38.5. The van der Waals surface area contributed by atoms with Gasteiger partial charge < -0.3 is 18.6 Å². The molecule has 0 saturated carbocycles. The van der Waals surface area contributed by atoms with Gasteiger partial charge in [-0.2, -0.15) is 0 Å². The number of benzene rings is 12. The maximum atomic E-state index is 7.13. The number of para-hydroxylation sites is 4. The van der Waals surface area contributed by atoms with E-state index in [-0.39, 0.29) is 0 Å². The van der Waals surface area contributed by atoms with E-state index in [4.69, 9.17) is 8.83 Å².